The maximum atomic E-state index is 14.7. The summed E-state index contributed by atoms with van der Waals surface area (Å²) in [5.74, 6) is -1.82. The Morgan fingerprint density at radius 1 is 0.950 bits per heavy atom. The first-order valence-corrected chi connectivity index (χ1v) is 13.9. The number of hydrogen-bond acceptors (Lipinski definition) is 5. The number of nitrogens with zero attached hydrogens (tertiary/aromatic N) is 1. The molecule has 0 saturated heterocycles. The van der Waals surface area contributed by atoms with Crippen LogP contribution in [0.1, 0.15) is 85.6 Å². The molecule has 2 amide bonds. The van der Waals surface area contributed by atoms with Crippen LogP contribution >= 0.6 is 0 Å². The molecule has 222 valence electrons. The minimum Gasteiger partial charge on any atom is -0.494 e. The number of nitrogens with one attached hydrogen (secondary N) is 1. The fraction of sp³-hybridized carbons (Fsp3) is 0.548. The molecule has 1 N–H and O–H groups in total. The summed E-state index contributed by atoms with van der Waals surface area (Å²) in [6.07, 6.45) is 6.15. The van der Waals surface area contributed by atoms with E-state index in [4.69, 9.17) is 14.2 Å². The van der Waals surface area contributed by atoms with Crippen LogP contribution in [0, 0.1) is 11.6 Å². The number of rotatable bonds is 15. The second-order valence-electron chi connectivity index (χ2n) is 10.9. The first-order chi connectivity index (χ1) is 18.8. The van der Waals surface area contributed by atoms with Crippen molar-refractivity contribution in [3.8, 4) is 11.5 Å². The Kier molecular flexibility index (Phi) is 12.2. The Morgan fingerprint density at radius 2 is 1.60 bits per heavy atom. The fourth-order valence-corrected chi connectivity index (χ4v) is 4.35. The van der Waals surface area contributed by atoms with Gasteiger partial charge < -0.3 is 24.4 Å². The summed E-state index contributed by atoms with van der Waals surface area (Å²) in [4.78, 5) is 27.5. The highest BCUT2D eigenvalue weighted by atomic mass is 19.1. The zero-order chi connectivity index (χ0) is 29.9. The van der Waals surface area contributed by atoms with E-state index in [1.807, 2.05) is 26.0 Å². The Balaban J connectivity index is 2.29. The van der Waals surface area contributed by atoms with Crippen molar-refractivity contribution >= 4 is 17.7 Å². The van der Waals surface area contributed by atoms with Crippen LogP contribution in [0.2, 0.25) is 0 Å². The third-order valence-electron chi connectivity index (χ3n) is 6.74. The molecule has 0 fully saturated rings. The van der Waals surface area contributed by atoms with Crippen molar-refractivity contribution in [3.05, 3.63) is 53.6 Å². The van der Waals surface area contributed by atoms with Gasteiger partial charge in [-0.15, -0.1) is 0 Å². The van der Waals surface area contributed by atoms with Crippen LogP contribution in [0.25, 0.3) is 0 Å². The fourth-order valence-electron chi connectivity index (χ4n) is 4.35. The second kappa shape index (κ2) is 14.9. The lowest BCUT2D eigenvalue weighted by Crippen LogP contribution is -2.49. The van der Waals surface area contributed by atoms with Crippen LogP contribution in [-0.4, -0.2) is 41.8 Å². The molecule has 0 aliphatic rings. The van der Waals surface area contributed by atoms with Crippen molar-refractivity contribution in [2.75, 3.05) is 19.0 Å². The van der Waals surface area contributed by atoms with Gasteiger partial charge in [0.2, 0.25) is 0 Å². The van der Waals surface area contributed by atoms with Gasteiger partial charge in [-0.05, 0) is 58.7 Å². The van der Waals surface area contributed by atoms with Crippen LogP contribution in [0.3, 0.4) is 0 Å². The number of amides is 2. The minimum atomic E-state index is -1.17. The molecule has 2 aromatic rings. The molecule has 0 aliphatic carbocycles. The molecule has 0 spiro atoms. The summed E-state index contributed by atoms with van der Waals surface area (Å²) < 4.78 is 44.4. The molecule has 0 radical (unpaired) electrons. The number of esters is 1. The molecule has 0 saturated carbocycles. The third kappa shape index (κ3) is 9.38. The van der Waals surface area contributed by atoms with E-state index in [0.29, 0.717) is 11.8 Å². The molecule has 9 heteroatoms. The predicted octanol–water partition coefficient (Wildman–Crippen LogP) is 7.87. The van der Waals surface area contributed by atoms with E-state index < -0.39 is 34.8 Å². The first-order valence-electron chi connectivity index (χ1n) is 13.9. The summed E-state index contributed by atoms with van der Waals surface area (Å²) in [6, 6.07) is 8.28. The van der Waals surface area contributed by atoms with Gasteiger partial charge in [-0.2, -0.15) is 0 Å². The Hall–Kier alpha value is -3.36. The van der Waals surface area contributed by atoms with Gasteiger partial charge in [-0.1, -0.05) is 51.2 Å². The van der Waals surface area contributed by atoms with E-state index in [0.717, 1.165) is 50.2 Å². The minimum absolute atomic E-state index is 0.103. The van der Waals surface area contributed by atoms with Crippen LogP contribution in [0.5, 0.6) is 11.5 Å². The highest BCUT2D eigenvalue weighted by Crippen LogP contribution is 2.32. The third-order valence-corrected chi connectivity index (χ3v) is 6.74. The van der Waals surface area contributed by atoms with Crippen LogP contribution in [-0.2, 0) is 16.1 Å². The average Bonchev–Trinajstić information content (AvgIpc) is 2.89. The van der Waals surface area contributed by atoms with Gasteiger partial charge in [-0.3, -0.25) is 0 Å². The van der Waals surface area contributed by atoms with E-state index >= 15 is 0 Å². The average molecular weight is 563 g/mol. The largest absolute Gasteiger partial charge is 0.494 e. The number of carbonyl (C=O) groups is 2. The van der Waals surface area contributed by atoms with Gasteiger partial charge in [-0.25, -0.2) is 18.4 Å². The van der Waals surface area contributed by atoms with E-state index in [2.05, 4.69) is 12.2 Å². The summed E-state index contributed by atoms with van der Waals surface area (Å²) >= 11 is 0. The number of ether oxygens (including phenoxy) is 3. The number of benzene rings is 2. The van der Waals surface area contributed by atoms with Crippen LogP contribution in [0.15, 0.2) is 36.4 Å². The number of methoxy groups -OCH3 is 1. The van der Waals surface area contributed by atoms with Gasteiger partial charge in [0.15, 0.2) is 11.4 Å². The van der Waals surface area contributed by atoms with Gasteiger partial charge in [0, 0.05) is 24.2 Å². The number of halogens is 2. The van der Waals surface area contributed by atoms with Crippen molar-refractivity contribution in [2.45, 2.75) is 97.8 Å². The van der Waals surface area contributed by atoms with Crippen molar-refractivity contribution in [2.24, 2.45) is 0 Å². The molecule has 0 heterocycles. The number of carbonyl (C=O) groups excluding carboxylic acids is 2. The SMILES string of the molecule is CCCCCCCC(C)(C)N(Cc1ccc(OC(C)(C)C(=O)OCC)cc1)C(=O)Nc1c(F)cc(F)cc1OC. The molecule has 0 aliphatic heterocycles. The lowest BCUT2D eigenvalue weighted by Gasteiger charge is -2.39. The summed E-state index contributed by atoms with van der Waals surface area (Å²) in [5, 5.41) is 2.61. The summed E-state index contributed by atoms with van der Waals surface area (Å²) in [7, 11) is 1.29. The molecule has 2 rings (SSSR count). The van der Waals surface area contributed by atoms with Crippen molar-refractivity contribution in [3.63, 3.8) is 0 Å². The van der Waals surface area contributed by atoms with E-state index in [1.165, 1.54) is 7.11 Å². The number of urea groups is 1. The zero-order valence-corrected chi connectivity index (χ0v) is 24.9. The molecule has 0 bridgehead atoms. The van der Waals surface area contributed by atoms with Crippen LogP contribution < -0.4 is 14.8 Å². The molecular weight excluding hydrogens is 518 g/mol. The van der Waals surface area contributed by atoms with Crippen LogP contribution in [0.4, 0.5) is 19.3 Å². The van der Waals surface area contributed by atoms with Crippen molar-refractivity contribution < 1.29 is 32.6 Å². The number of hydrogen-bond donors (Lipinski definition) is 1. The summed E-state index contributed by atoms with van der Waals surface area (Å²) in [5.41, 5.74) is -1.16. The summed E-state index contributed by atoms with van der Waals surface area (Å²) in [6.45, 7) is 11.6. The molecule has 0 atom stereocenters. The Labute approximate surface area is 237 Å². The zero-order valence-electron chi connectivity index (χ0n) is 24.9. The molecular formula is C31H44F2N2O5. The molecule has 0 unspecified atom stereocenters. The van der Waals surface area contributed by atoms with E-state index in [9.17, 15) is 18.4 Å². The second-order valence-corrected chi connectivity index (χ2v) is 10.9. The molecule has 40 heavy (non-hydrogen) atoms. The van der Waals surface area contributed by atoms with E-state index in [-0.39, 0.29) is 24.6 Å². The highest BCUT2D eigenvalue weighted by Gasteiger charge is 2.33. The maximum absolute atomic E-state index is 14.7. The van der Waals surface area contributed by atoms with Gasteiger partial charge >= 0.3 is 12.0 Å². The van der Waals surface area contributed by atoms with Crippen molar-refractivity contribution in [1.82, 2.24) is 4.90 Å². The van der Waals surface area contributed by atoms with E-state index in [1.54, 1.807) is 37.8 Å². The van der Waals surface area contributed by atoms with Gasteiger partial charge in [0.05, 0.1) is 13.7 Å². The first kappa shape index (κ1) is 32.8. The number of anilines is 1. The normalized spacial score (nSPS) is 11.6. The lowest BCUT2D eigenvalue weighted by molar-refractivity contribution is -0.158. The van der Waals surface area contributed by atoms with Gasteiger partial charge in [0.25, 0.3) is 0 Å². The Morgan fingerprint density at radius 3 is 2.20 bits per heavy atom. The standard InChI is InChI=1S/C31H44F2N2O5/c1-8-10-11-12-13-18-30(3,4)35(29(37)34-27-25(33)19-23(32)20-26(27)38-7)21-22-14-16-24(17-15-22)40-31(5,6)28(36)39-9-2/h14-17,19-20H,8-13,18,21H2,1-7H3,(H,34,37). The molecule has 2 aromatic carbocycles. The smallest absolute Gasteiger partial charge is 0.349 e. The topological polar surface area (TPSA) is 77.1 Å². The van der Waals surface area contributed by atoms with Gasteiger partial charge in [0.1, 0.15) is 23.0 Å². The quantitative estimate of drug-likeness (QED) is 0.177. The maximum Gasteiger partial charge on any atom is 0.349 e. The Bertz CT molecular complexity index is 1120. The number of unbranched alkanes of at least 4 members (excludes halogenated alkanes) is 4. The highest BCUT2D eigenvalue weighted by molar-refractivity contribution is 5.91. The molecule has 0 aromatic heterocycles. The lowest BCUT2D eigenvalue weighted by atomic mass is 9.93. The monoisotopic (exact) mass is 562 g/mol. The predicted molar refractivity (Wildman–Crippen MR) is 153 cm³/mol. The molecule has 7 nitrogen and oxygen atoms in total. The van der Waals surface area contributed by atoms with Crippen molar-refractivity contribution in [1.29, 1.82) is 0 Å².